The number of hydrogen-bond acceptors (Lipinski definition) is 5. The van der Waals surface area contributed by atoms with Crippen molar-refractivity contribution in [2.75, 3.05) is 11.9 Å². The van der Waals surface area contributed by atoms with Crippen LogP contribution in [0.3, 0.4) is 0 Å². The molecule has 0 fully saturated rings. The van der Waals surface area contributed by atoms with Crippen molar-refractivity contribution in [2.45, 2.75) is 0 Å². The Hall–Kier alpha value is -3.62. The lowest BCUT2D eigenvalue weighted by Crippen LogP contribution is -2.01. The summed E-state index contributed by atoms with van der Waals surface area (Å²) in [6, 6.07) is 7.33. The molecule has 0 saturated carbocycles. The number of aromatic amines is 1. The van der Waals surface area contributed by atoms with Gasteiger partial charge < -0.3 is 19.5 Å². The van der Waals surface area contributed by atoms with Crippen LogP contribution in [0.1, 0.15) is 0 Å². The van der Waals surface area contributed by atoms with Gasteiger partial charge in [0.15, 0.2) is 0 Å². The number of H-pyrrole nitrogens is 1. The Morgan fingerprint density at radius 1 is 1.07 bits per heavy atom. The first-order valence-electron chi connectivity index (χ1n) is 7.85. The van der Waals surface area contributed by atoms with Crippen molar-refractivity contribution in [3.63, 3.8) is 0 Å². The van der Waals surface area contributed by atoms with Crippen molar-refractivity contribution >= 4 is 23.2 Å². The molecule has 0 aliphatic heterocycles. The van der Waals surface area contributed by atoms with Gasteiger partial charge in [-0.25, -0.2) is 13.2 Å². The first-order chi connectivity index (χ1) is 13.1. The number of halogens is 3. The number of anilines is 1. The lowest BCUT2D eigenvalue weighted by Gasteiger charge is -2.02. The van der Waals surface area contributed by atoms with Crippen LogP contribution in [0.25, 0.3) is 33.6 Å². The second kappa shape index (κ2) is 6.60. The SMILES string of the molecule is O=CCNc1nnc(-c2c(-c3ccc(F)cc3)[nH]c3c(F)cc(F)cc23)o1. The molecular formula is C18H11F3N4O2. The van der Waals surface area contributed by atoms with Crippen molar-refractivity contribution in [1.82, 2.24) is 15.2 Å². The average Bonchev–Trinajstić information content (AvgIpc) is 3.25. The third-order valence-electron chi connectivity index (χ3n) is 3.93. The minimum absolute atomic E-state index is 0.0148. The number of carbonyl (C=O) groups excluding carboxylic acids is 1. The summed E-state index contributed by atoms with van der Waals surface area (Å²) in [5.41, 5.74) is 1.19. The number of nitrogens with one attached hydrogen (secondary N) is 2. The highest BCUT2D eigenvalue weighted by molar-refractivity contribution is 6.02. The van der Waals surface area contributed by atoms with Crippen molar-refractivity contribution in [2.24, 2.45) is 0 Å². The highest BCUT2D eigenvalue weighted by Gasteiger charge is 2.22. The molecule has 6 nitrogen and oxygen atoms in total. The number of hydrogen-bond donors (Lipinski definition) is 2. The molecule has 136 valence electrons. The van der Waals surface area contributed by atoms with Gasteiger partial charge in [0, 0.05) is 11.5 Å². The minimum atomic E-state index is -0.793. The van der Waals surface area contributed by atoms with E-state index < -0.39 is 17.5 Å². The van der Waals surface area contributed by atoms with E-state index in [0.29, 0.717) is 17.5 Å². The molecule has 0 aliphatic rings. The maximum Gasteiger partial charge on any atom is 0.316 e. The zero-order chi connectivity index (χ0) is 19.0. The van der Waals surface area contributed by atoms with Crippen molar-refractivity contribution < 1.29 is 22.4 Å². The van der Waals surface area contributed by atoms with Gasteiger partial charge in [-0.05, 0) is 35.9 Å². The Labute approximate surface area is 150 Å². The van der Waals surface area contributed by atoms with Gasteiger partial charge in [0.2, 0.25) is 0 Å². The molecule has 0 atom stereocenters. The molecule has 4 rings (SSSR count). The monoisotopic (exact) mass is 372 g/mol. The second-order valence-corrected chi connectivity index (χ2v) is 5.65. The summed E-state index contributed by atoms with van der Waals surface area (Å²) in [5, 5.41) is 10.4. The van der Waals surface area contributed by atoms with Crippen LogP contribution in [-0.2, 0) is 4.79 Å². The van der Waals surface area contributed by atoms with Crippen molar-refractivity contribution in [1.29, 1.82) is 0 Å². The van der Waals surface area contributed by atoms with E-state index in [2.05, 4.69) is 20.5 Å². The van der Waals surface area contributed by atoms with E-state index in [9.17, 15) is 18.0 Å². The molecule has 2 aromatic carbocycles. The topological polar surface area (TPSA) is 83.8 Å². The standard InChI is InChI=1S/C18H11F3N4O2/c19-10-3-1-9(2-4-10)15-14(17-24-25-18(27-17)22-5-6-26)12-7-11(20)8-13(21)16(12)23-15/h1-4,6-8,23H,5H2,(H,22,25). The lowest BCUT2D eigenvalue weighted by molar-refractivity contribution is -0.106. The van der Waals surface area contributed by atoms with E-state index in [1.165, 1.54) is 24.3 Å². The maximum absolute atomic E-state index is 14.3. The van der Waals surface area contributed by atoms with Gasteiger partial charge in [0.25, 0.3) is 5.89 Å². The van der Waals surface area contributed by atoms with E-state index >= 15 is 0 Å². The molecule has 2 N–H and O–H groups in total. The van der Waals surface area contributed by atoms with Gasteiger partial charge in [-0.1, -0.05) is 5.10 Å². The molecular weight excluding hydrogens is 361 g/mol. The summed E-state index contributed by atoms with van der Waals surface area (Å²) in [7, 11) is 0. The van der Waals surface area contributed by atoms with Crippen LogP contribution in [0, 0.1) is 17.5 Å². The fraction of sp³-hybridized carbons (Fsp3) is 0.0556. The molecule has 0 spiro atoms. The molecule has 0 aliphatic carbocycles. The number of nitrogens with zero attached hydrogens (tertiary/aromatic N) is 2. The van der Waals surface area contributed by atoms with Gasteiger partial charge in [-0.3, -0.25) is 0 Å². The van der Waals surface area contributed by atoms with Crippen LogP contribution >= 0.6 is 0 Å². The summed E-state index contributed by atoms with van der Waals surface area (Å²) < 4.78 is 46.8. The largest absolute Gasteiger partial charge is 0.403 e. The van der Waals surface area contributed by atoms with Crippen LogP contribution in [-0.4, -0.2) is 28.0 Å². The zero-order valence-corrected chi connectivity index (χ0v) is 13.6. The van der Waals surface area contributed by atoms with Crippen LogP contribution in [0.4, 0.5) is 19.2 Å². The summed E-state index contributed by atoms with van der Waals surface area (Å²) in [6.07, 6.45) is 0.615. The molecule has 9 heteroatoms. The van der Waals surface area contributed by atoms with Crippen LogP contribution in [0.2, 0.25) is 0 Å². The van der Waals surface area contributed by atoms with E-state index in [1.807, 2.05) is 0 Å². The quantitative estimate of drug-likeness (QED) is 0.519. The fourth-order valence-electron chi connectivity index (χ4n) is 2.80. The summed E-state index contributed by atoms with van der Waals surface area (Å²) in [4.78, 5) is 13.3. The van der Waals surface area contributed by atoms with Crippen molar-refractivity contribution in [3.8, 4) is 22.7 Å². The third kappa shape index (κ3) is 3.03. The normalized spacial score (nSPS) is 11.1. The Kier molecular flexibility index (Phi) is 4.11. The predicted octanol–water partition coefficient (Wildman–Crippen LogP) is 3.91. The van der Waals surface area contributed by atoms with Crippen molar-refractivity contribution in [3.05, 3.63) is 53.8 Å². The first-order valence-corrected chi connectivity index (χ1v) is 7.85. The minimum Gasteiger partial charge on any atom is -0.403 e. The van der Waals surface area contributed by atoms with Gasteiger partial charge in [0.1, 0.15) is 23.7 Å². The lowest BCUT2D eigenvalue weighted by atomic mass is 10.0. The molecule has 4 aromatic rings. The number of fused-ring (bicyclic) bond motifs is 1. The maximum atomic E-state index is 14.3. The number of rotatable bonds is 5. The Balaban J connectivity index is 1.95. The number of aromatic nitrogens is 3. The second-order valence-electron chi connectivity index (χ2n) is 5.65. The van der Waals surface area contributed by atoms with Gasteiger partial charge >= 0.3 is 6.01 Å². The zero-order valence-electron chi connectivity index (χ0n) is 13.6. The first kappa shape index (κ1) is 16.8. The summed E-state index contributed by atoms with van der Waals surface area (Å²) in [6.45, 7) is -0.0381. The van der Waals surface area contributed by atoms with Crippen LogP contribution in [0.5, 0.6) is 0 Å². The highest BCUT2D eigenvalue weighted by atomic mass is 19.1. The molecule has 0 amide bonds. The number of aldehydes is 1. The predicted molar refractivity (Wildman–Crippen MR) is 91.5 cm³/mol. The molecule has 27 heavy (non-hydrogen) atoms. The Morgan fingerprint density at radius 3 is 2.59 bits per heavy atom. The molecule has 2 aromatic heterocycles. The molecule has 0 unspecified atom stereocenters. The van der Waals surface area contributed by atoms with Gasteiger partial charge in [-0.15, -0.1) is 5.10 Å². The van der Waals surface area contributed by atoms with E-state index in [4.69, 9.17) is 4.42 Å². The number of carbonyl (C=O) groups is 1. The molecule has 2 heterocycles. The van der Waals surface area contributed by atoms with E-state index in [1.54, 1.807) is 0 Å². The highest BCUT2D eigenvalue weighted by Crippen LogP contribution is 2.39. The summed E-state index contributed by atoms with van der Waals surface area (Å²) >= 11 is 0. The fourth-order valence-corrected chi connectivity index (χ4v) is 2.80. The molecule has 0 bridgehead atoms. The molecule has 0 saturated heterocycles. The summed E-state index contributed by atoms with van der Waals surface area (Å²) in [5.74, 6) is -2.02. The average molecular weight is 372 g/mol. The smallest absolute Gasteiger partial charge is 0.316 e. The van der Waals surface area contributed by atoms with Gasteiger partial charge in [0.05, 0.1) is 23.3 Å². The van der Waals surface area contributed by atoms with E-state index in [0.717, 1.165) is 12.1 Å². The Bertz CT molecular complexity index is 1140. The van der Waals surface area contributed by atoms with Crippen LogP contribution in [0.15, 0.2) is 40.8 Å². The molecule has 0 radical (unpaired) electrons. The third-order valence-corrected chi connectivity index (χ3v) is 3.93. The Morgan fingerprint density at radius 2 is 1.85 bits per heavy atom. The van der Waals surface area contributed by atoms with Crippen LogP contribution < -0.4 is 5.32 Å². The van der Waals surface area contributed by atoms with E-state index in [-0.39, 0.29) is 34.9 Å². The van der Waals surface area contributed by atoms with Gasteiger partial charge in [-0.2, -0.15) is 0 Å². The number of benzene rings is 2.